The maximum Gasteiger partial charge on any atom is 0.366 e. The Labute approximate surface area is 200 Å². The molecule has 2 amide bonds. The van der Waals surface area contributed by atoms with Crippen molar-refractivity contribution in [1.29, 1.82) is 0 Å². The van der Waals surface area contributed by atoms with Gasteiger partial charge in [-0.25, -0.2) is 14.4 Å². The van der Waals surface area contributed by atoms with Gasteiger partial charge in [0.2, 0.25) is 11.2 Å². The van der Waals surface area contributed by atoms with Gasteiger partial charge in [0.15, 0.2) is 0 Å². The van der Waals surface area contributed by atoms with Crippen LogP contribution in [0.4, 0.5) is 0 Å². The molecule has 3 rings (SSSR count). The van der Waals surface area contributed by atoms with E-state index in [0.717, 1.165) is 24.7 Å². The van der Waals surface area contributed by atoms with Gasteiger partial charge in [-0.2, -0.15) is 4.48 Å². The standard InChI is InChI=1S/C25H35N2O5S/c1-17(16-33-24(31)18-10-6-5-7-11-18)21(28)27(22(29)19-12-8-14-26-19)15-9-13-20(27)23(30)32-25(2,3)4/h5-7,10-11,17,19-20,26H,8-9,12-16H2,1-4H3/q+1/t17?,19-,20-,27?/m0/s1. The van der Waals surface area contributed by atoms with E-state index in [-0.39, 0.29) is 22.7 Å². The third-order valence-corrected chi connectivity index (χ3v) is 7.40. The first-order chi connectivity index (χ1) is 15.6. The molecule has 0 aromatic heterocycles. The number of nitrogens with one attached hydrogen (secondary N) is 1. The Morgan fingerprint density at radius 2 is 1.82 bits per heavy atom. The fraction of sp³-hybridized carbons (Fsp3) is 0.600. The molecule has 0 aliphatic carbocycles. The molecule has 2 aliphatic heterocycles. The Hall–Kier alpha value is -2.03. The van der Waals surface area contributed by atoms with Crippen LogP contribution in [0, 0.1) is 5.92 Å². The highest BCUT2D eigenvalue weighted by Crippen LogP contribution is 2.35. The summed E-state index contributed by atoms with van der Waals surface area (Å²) in [6.07, 6.45) is 2.54. The number of carbonyl (C=O) groups is 4. The zero-order valence-electron chi connectivity index (χ0n) is 20.0. The van der Waals surface area contributed by atoms with Crippen molar-refractivity contribution in [2.24, 2.45) is 5.92 Å². The molecule has 180 valence electrons. The van der Waals surface area contributed by atoms with Gasteiger partial charge in [-0.1, -0.05) is 42.1 Å². The quantitative estimate of drug-likeness (QED) is 0.499. The van der Waals surface area contributed by atoms with E-state index in [2.05, 4.69) is 5.32 Å². The monoisotopic (exact) mass is 475 g/mol. The van der Waals surface area contributed by atoms with Crippen molar-refractivity contribution in [3.05, 3.63) is 35.9 Å². The number of quaternary nitrogens is 1. The van der Waals surface area contributed by atoms with Crippen LogP contribution in [-0.2, 0) is 19.1 Å². The van der Waals surface area contributed by atoms with Crippen LogP contribution in [0.3, 0.4) is 0 Å². The summed E-state index contributed by atoms with van der Waals surface area (Å²) in [7, 11) is 0. The fourth-order valence-corrected chi connectivity index (χ4v) is 5.56. The second-order valence-electron chi connectivity index (χ2n) is 9.97. The number of likely N-dealkylation sites (tertiary alicyclic amines) is 1. The zero-order valence-corrected chi connectivity index (χ0v) is 20.8. The number of amides is 2. The van der Waals surface area contributed by atoms with Crippen LogP contribution in [0.15, 0.2) is 30.3 Å². The lowest BCUT2D eigenvalue weighted by atomic mass is 10.0. The summed E-state index contributed by atoms with van der Waals surface area (Å²) in [5.41, 5.74) is -0.138. The van der Waals surface area contributed by atoms with E-state index in [1.54, 1.807) is 52.0 Å². The van der Waals surface area contributed by atoms with E-state index in [4.69, 9.17) is 4.74 Å². The molecule has 33 heavy (non-hydrogen) atoms. The highest BCUT2D eigenvalue weighted by molar-refractivity contribution is 8.14. The molecular formula is C25H35N2O5S+. The van der Waals surface area contributed by atoms with Crippen LogP contribution in [-0.4, -0.2) is 63.9 Å². The third-order valence-electron chi connectivity index (χ3n) is 6.24. The summed E-state index contributed by atoms with van der Waals surface area (Å²) in [5.74, 6) is -1.36. The Kier molecular flexibility index (Phi) is 8.13. The van der Waals surface area contributed by atoms with Gasteiger partial charge >= 0.3 is 17.8 Å². The number of carbonyl (C=O) groups excluding carboxylic acids is 4. The van der Waals surface area contributed by atoms with Gasteiger partial charge in [-0.3, -0.25) is 4.79 Å². The number of hydrogen-bond acceptors (Lipinski definition) is 7. The Morgan fingerprint density at radius 1 is 1.12 bits per heavy atom. The minimum atomic E-state index is -0.844. The lowest BCUT2D eigenvalue weighted by molar-refractivity contribution is -0.785. The molecule has 2 aliphatic rings. The van der Waals surface area contributed by atoms with E-state index < -0.39 is 34.1 Å². The van der Waals surface area contributed by atoms with Crippen molar-refractivity contribution < 1.29 is 28.4 Å². The number of esters is 1. The molecule has 2 heterocycles. The molecule has 2 unspecified atom stereocenters. The number of benzene rings is 1. The minimum Gasteiger partial charge on any atom is -0.456 e. The summed E-state index contributed by atoms with van der Waals surface area (Å²) in [4.78, 5) is 53.3. The number of hydrogen-bond donors (Lipinski definition) is 1. The number of nitrogens with zero attached hydrogens (tertiary/aromatic N) is 1. The lowest BCUT2D eigenvalue weighted by Gasteiger charge is -2.37. The predicted octanol–water partition coefficient (Wildman–Crippen LogP) is 3.32. The highest BCUT2D eigenvalue weighted by atomic mass is 32.2. The summed E-state index contributed by atoms with van der Waals surface area (Å²) < 4.78 is 5.13. The third kappa shape index (κ3) is 5.73. The molecular weight excluding hydrogens is 440 g/mol. The normalized spacial score (nSPS) is 26.1. The largest absolute Gasteiger partial charge is 0.456 e. The van der Waals surface area contributed by atoms with Crippen LogP contribution in [0.1, 0.15) is 63.7 Å². The number of rotatable bonds is 6. The lowest BCUT2D eigenvalue weighted by Crippen LogP contribution is -2.68. The average Bonchev–Trinajstić information content (AvgIpc) is 3.46. The van der Waals surface area contributed by atoms with Gasteiger partial charge < -0.3 is 10.1 Å². The number of ether oxygens (including phenoxy) is 1. The highest BCUT2D eigenvalue weighted by Gasteiger charge is 2.60. The van der Waals surface area contributed by atoms with Crippen molar-refractivity contribution in [3.63, 3.8) is 0 Å². The van der Waals surface area contributed by atoms with Gasteiger partial charge in [0.25, 0.3) is 0 Å². The molecule has 0 spiro atoms. The van der Waals surface area contributed by atoms with E-state index >= 15 is 0 Å². The van der Waals surface area contributed by atoms with Crippen LogP contribution in [0.25, 0.3) is 0 Å². The van der Waals surface area contributed by atoms with Crippen molar-refractivity contribution in [2.75, 3.05) is 18.8 Å². The van der Waals surface area contributed by atoms with Gasteiger partial charge in [-0.15, -0.1) is 0 Å². The SMILES string of the molecule is CC(CSC(=O)c1ccccc1)C(=O)[N+]1(C(=O)[C@@H]2CCCN2)CCC[C@H]1C(=O)OC(C)(C)C. The van der Waals surface area contributed by atoms with Gasteiger partial charge in [-0.05, 0) is 47.1 Å². The first kappa shape index (κ1) is 25.6. The molecule has 8 heteroatoms. The molecule has 0 radical (unpaired) electrons. The maximum atomic E-state index is 13.9. The van der Waals surface area contributed by atoms with E-state index in [1.165, 1.54) is 0 Å². The fourth-order valence-electron chi connectivity index (χ4n) is 4.71. The van der Waals surface area contributed by atoms with E-state index in [0.29, 0.717) is 31.4 Å². The molecule has 1 aromatic rings. The molecule has 2 fully saturated rings. The van der Waals surface area contributed by atoms with Crippen molar-refractivity contribution >= 4 is 34.7 Å². The van der Waals surface area contributed by atoms with Crippen LogP contribution >= 0.6 is 11.8 Å². The Morgan fingerprint density at radius 3 is 2.42 bits per heavy atom. The molecule has 2 saturated heterocycles. The molecule has 1 N–H and O–H groups in total. The Bertz CT molecular complexity index is 892. The number of thioether (sulfide) groups is 1. The van der Waals surface area contributed by atoms with Gasteiger partial charge in [0.05, 0.1) is 12.5 Å². The van der Waals surface area contributed by atoms with E-state index in [1.807, 2.05) is 6.07 Å². The molecule has 4 atom stereocenters. The van der Waals surface area contributed by atoms with E-state index in [9.17, 15) is 19.2 Å². The molecule has 0 saturated carbocycles. The summed E-state index contributed by atoms with van der Waals surface area (Å²) in [5, 5.41) is 3.09. The van der Waals surface area contributed by atoms with Crippen molar-refractivity contribution in [3.8, 4) is 0 Å². The number of imide groups is 1. The Balaban J connectivity index is 1.83. The van der Waals surface area contributed by atoms with Gasteiger partial charge in [0.1, 0.15) is 11.6 Å². The summed E-state index contributed by atoms with van der Waals surface area (Å²) in [6.45, 7) is 8.11. The zero-order chi connectivity index (χ0) is 24.2. The van der Waals surface area contributed by atoms with Crippen molar-refractivity contribution in [2.45, 2.75) is 71.1 Å². The average molecular weight is 476 g/mol. The first-order valence-electron chi connectivity index (χ1n) is 11.7. The van der Waals surface area contributed by atoms with Crippen LogP contribution < -0.4 is 5.32 Å². The molecule has 1 aromatic carbocycles. The topological polar surface area (TPSA) is 89.5 Å². The van der Waals surface area contributed by atoms with Crippen molar-refractivity contribution in [1.82, 2.24) is 5.32 Å². The van der Waals surface area contributed by atoms with Gasteiger partial charge in [0, 0.05) is 24.2 Å². The summed E-state index contributed by atoms with van der Waals surface area (Å²) in [6, 6.07) is 7.63. The maximum absolute atomic E-state index is 13.9. The second-order valence-corrected chi connectivity index (χ2v) is 11.0. The molecule has 7 nitrogen and oxygen atoms in total. The smallest absolute Gasteiger partial charge is 0.366 e. The second kappa shape index (κ2) is 10.5. The minimum absolute atomic E-state index is 0.115. The predicted molar refractivity (Wildman–Crippen MR) is 127 cm³/mol. The molecule has 0 bridgehead atoms. The first-order valence-corrected chi connectivity index (χ1v) is 12.7. The van der Waals surface area contributed by atoms with Crippen LogP contribution in [0.2, 0.25) is 0 Å². The summed E-state index contributed by atoms with van der Waals surface area (Å²) >= 11 is 1.07. The van der Waals surface area contributed by atoms with Crippen LogP contribution in [0.5, 0.6) is 0 Å².